The number of hydrogen-bond acceptors (Lipinski definition) is 0. The van der Waals surface area contributed by atoms with E-state index >= 15 is 0 Å². The van der Waals surface area contributed by atoms with Crippen LogP contribution in [0.1, 0.15) is 22.6 Å². The van der Waals surface area contributed by atoms with Crippen LogP contribution in [-0.4, -0.2) is 4.57 Å². The Balaban J connectivity index is 1.30. The maximum Gasteiger partial charge on any atom is 0.0541 e. The first kappa shape index (κ1) is 29.0. The minimum absolute atomic E-state index is 0.216. The van der Waals surface area contributed by atoms with E-state index in [1.54, 1.807) is 0 Å². The van der Waals surface area contributed by atoms with Gasteiger partial charge < -0.3 is 4.57 Å². The topological polar surface area (TPSA) is 4.93 Å². The van der Waals surface area contributed by atoms with Crippen molar-refractivity contribution >= 4 is 75.2 Å². The molecule has 1 atom stereocenters. The number of fused-ring (bicyclic) bond motifs is 9. The third-order valence-corrected chi connectivity index (χ3v) is 11.4. The highest BCUT2D eigenvalue weighted by atomic mass is 79.9. The largest absolute Gasteiger partial charge is 0.309 e. The summed E-state index contributed by atoms with van der Waals surface area (Å²) in [6.07, 6.45) is 0.960. The second kappa shape index (κ2) is 11.3. The number of benzene rings is 8. The standard InChI is InChI=1S/C46H29Br2N/c47-32-17-19-45-43(26-32)44-27-33(48)18-20-46(44)49(45)34-22-30(41-24-28-9-1-3-11-35(28)37-13-5-7-15-39(37)41)21-31(23-34)42-25-29-10-2-4-12-36(29)38-14-6-8-16-40(38)42/h1-24,26-27,42H,25H2. The molecule has 0 radical (unpaired) electrons. The molecule has 0 amide bonds. The number of halogens is 2. The zero-order valence-corrected chi connectivity index (χ0v) is 29.7. The van der Waals surface area contributed by atoms with Crippen LogP contribution < -0.4 is 0 Å². The number of hydrogen-bond donors (Lipinski definition) is 0. The Morgan fingerprint density at radius 3 is 1.88 bits per heavy atom. The molecule has 0 saturated heterocycles. The molecule has 0 N–H and O–H groups in total. The van der Waals surface area contributed by atoms with Crippen molar-refractivity contribution in [3.8, 4) is 27.9 Å². The summed E-state index contributed by atoms with van der Waals surface area (Å²) in [5.74, 6) is 0.216. The van der Waals surface area contributed by atoms with Crippen molar-refractivity contribution in [3.05, 3.63) is 183 Å². The summed E-state index contributed by atoms with van der Waals surface area (Å²) in [4.78, 5) is 0. The first-order valence-corrected chi connectivity index (χ1v) is 18.3. The van der Waals surface area contributed by atoms with E-state index in [0.717, 1.165) is 15.4 Å². The van der Waals surface area contributed by atoms with Gasteiger partial charge in [0.1, 0.15) is 0 Å². The van der Waals surface area contributed by atoms with Crippen molar-refractivity contribution < 1.29 is 0 Å². The molecular formula is C46H29Br2N. The Hall–Kier alpha value is -4.96. The Morgan fingerprint density at radius 2 is 1.10 bits per heavy atom. The van der Waals surface area contributed by atoms with E-state index < -0.39 is 0 Å². The SMILES string of the molecule is Brc1ccc2c(c1)c1cc(Br)ccc1n2-c1cc(-c2cc3ccccc3c3ccccc23)cc(C2Cc3ccccc3-c3ccccc32)c1. The molecule has 9 aromatic rings. The Kier molecular flexibility index (Phi) is 6.69. The fraction of sp³-hybridized carbons (Fsp3) is 0.0435. The molecule has 1 heterocycles. The third kappa shape index (κ3) is 4.64. The van der Waals surface area contributed by atoms with Gasteiger partial charge in [0.2, 0.25) is 0 Å². The van der Waals surface area contributed by atoms with Crippen LogP contribution in [0.25, 0.3) is 71.3 Å². The summed E-state index contributed by atoms with van der Waals surface area (Å²) in [6.45, 7) is 0. The van der Waals surface area contributed by atoms with Crippen LogP contribution in [0.2, 0.25) is 0 Å². The Bertz CT molecular complexity index is 2730. The van der Waals surface area contributed by atoms with Crippen LogP contribution in [0.4, 0.5) is 0 Å². The second-order valence-electron chi connectivity index (χ2n) is 13.2. The summed E-state index contributed by atoms with van der Waals surface area (Å²) in [5.41, 5.74) is 12.9. The lowest BCUT2D eigenvalue weighted by molar-refractivity contribution is 0.793. The molecule has 3 heteroatoms. The Morgan fingerprint density at radius 1 is 0.469 bits per heavy atom. The zero-order chi connectivity index (χ0) is 32.6. The number of aromatic nitrogens is 1. The van der Waals surface area contributed by atoms with Gasteiger partial charge in [-0.25, -0.2) is 0 Å². The van der Waals surface area contributed by atoms with E-state index in [-0.39, 0.29) is 5.92 Å². The molecule has 232 valence electrons. The summed E-state index contributed by atoms with van der Waals surface area (Å²) < 4.78 is 4.62. The molecule has 1 aromatic heterocycles. The molecular weight excluding hydrogens is 726 g/mol. The summed E-state index contributed by atoms with van der Waals surface area (Å²) in [6, 6.07) is 58.6. The van der Waals surface area contributed by atoms with Crippen molar-refractivity contribution in [2.24, 2.45) is 0 Å². The molecule has 8 aromatic carbocycles. The highest BCUT2D eigenvalue weighted by Gasteiger charge is 2.27. The maximum atomic E-state index is 3.76. The molecule has 0 aliphatic heterocycles. The van der Waals surface area contributed by atoms with Gasteiger partial charge >= 0.3 is 0 Å². The Labute approximate surface area is 301 Å². The van der Waals surface area contributed by atoms with Crippen LogP contribution in [-0.2, 0) is 6.42 Å². The monoisotopic (exact) mass is 753 g/mol. The lowest BCUT2D eigenvalue weighted by Crippen LogP contribution is -2.13. The van der Waals surface area contributed by atoms with Crippen molar-refractivity contribution in [3.63, 3.8) is 0 Å². The van der Waals surface area contributed by atoms with E-state index in [0.29, 0.717) is 0 Å². The van der Waals surface area contributed by atoms with Crippen molar-refractivity contribution in [1.29, 1.82) is 0 Å². The van der Waals surface area contributed by atoms with Gasteiger partial charge in [-0.05, 0) is 122 Å². The normalized spacial score (nSPS) is 14.0. The fourth-order valence-electron chi connectivity index (χ4n) is 8.29. The van der Waals surface area contributed by atoms with E-state index in [2.05, 4.69) is 194 Å². The van der Waals surface area contributed by atoms with Gasteiger partial charge in [-0.2, -0.15) is 0 Å². The summed E-state index contributed by atoms with van der Waals surface area (Å²) in [5, 5.41) is 7.55. The smallest absolute Gasteiger partial charge is 0.0541 e. The van der Waals surface area contributed by atoms with Gasteiger partial charge in [0.05, 0.1) is 11.0 Å². The molecule has 1 nitrogen and oxygen atoms in total. The molecule has 10 rings (SSSR count). The van der Waals surface area contributed by atoms with Crippen LogP contribution in [0.5, 0.6) is 0 Å². The van der Waals surface area contributed by atoms with Gasteiger partial charge in [-0.1, -0.05) is 135 Å². The quantitative estimate of drug-likeness (QED) is 0.158. The summed E-state index contributed by atoms with van der Waals surface area (Å²) >= 11 is 7.52. The second-order valence-corrected chi connectivity index (χ2v) is 15.0. The zero-order valence-electron chi connectivity index (χ0n) is 26.5. The highest BCUT2D eigenvalue weighted by Crippen LogP contribution is 2.46. The van der Waals surface area contributed by atoms with Crippen LogP contribution in [0, 0.1) is 0 Å². The van der Waals surface area contributed by atoms with E-state index in [9.17, 15) is 0 Å². The lowest BCUT2D eigenvalue weighted by Gasteiger charge is -2.29. The molecule has 0 spiro atoms. The minimum Gasteiger partial charge on any atom is -0.309 e. The third-order valence-electron chi connectivity index (χ3n) is 10.4. The maximum absolute atomic E-state index is 3.76. The van der Waals surface area contributed by atoms with Crippen LogP contribution in [0.15, 0.2) is 167 Å². The van der Waals surface area contributed by atoms with Crippen LogP contribution >= 0.6 is 31.9 Å². The molecule has 49 heavy (non-hydrogen) atoms. The average Bonchev–Trinajstić information content (AvgIpc) is 3.46. The first-order valence-electron chi connectivity index (χ1n) is 16.7. The van der Waals surface area contributed by atoms with E-state index in [1.165, 1.54) is 88.0 Å². The molecule has 0 fully saturated rings. The van der Waals surface area contributed by atoms with Gasteiger partial charge in [0.25, 0.3) is 0 Å². The van der Waals surface area contributed by atoms with Crippen molar-refractivity contribution in [2.45, 2.75) is 12.3 Å². The van der Waals surface area contributed by atoms with E-state index in [1.807, 2.05) is 0 Å². The minimum atomic E-state index is 0.216. The molecule has 0 bridgehead atoms. The van der Waals surface area contributed by atoms with E-state index in [4.69, 9.17) is 0 Å². The first-order chi connectivity index (χ1) is 24.1. The predicted octanol–water partition coefficient (Wildman–Crippen LogP) is 13.6. The highest BCUT2D eigenvalue weighted by molar-refractivity contribution is 9.10. The molecule has 1 unspecified atom stereocenters. The predicted molar refractivity (Wildman–Crippen MR) is 214 cm³/mol. The lowest BCUT2D eigenvalue weighted by atomic mass is 9.75. The van der Waals surface area contributed by atoms with Crippen molar-refractivity contribution in [1.82, 2.24) is 4.57 Å². The van der Waals surface area contributed by atoms with Gasteiger partial charge in [0.15, 0.2) is 0 Å². The number of nitrogens with zero attached hydrogens (tertiary/aromatic N) is 1. The van der Waals surface area contributed by atoms with Crippen molar-refractivity contribution in [2.75, 3.05) is 0 Å². The molecule has 0 saturated carbocycles. The summed E-state index contributed by atoms with van der Waals surface area (Å²) in [7, 11) is 0. The molecule has 1 aliphatic rings. The molecule has 1 aliphatic carbocycles. The average molecular weight is 756 g/mol. The van der Waals surface area contributed by atoms with Gasteiger partial charge in [-0.15, -0.1) is 0 Å². The fourth-order valence-corrected chi connectivity index (χ4v) is 9.02. The van der Waals surface area contributed by atoms with Gasteiger partial charge in [-0.3, -0.25) is 0 Å². The van der Waals surface area contributed by atoms with Gasteiger partial charge in [0, 0.05) is 31.3 Å². The van der Waals surface area contributed by atoms with Crippen LogP contribution in [0.3, 0.4) is 0 Å². The number of rotatable bonds is 3.